The van der Waals surface area contributed by atoms with Crippen molar-refractivity contribution in [2.45, 2.75) is 52.9 Å². The van der Waals surface area contributed by atoms with Gasteiger partial charge >= 0.3 is 0 Å². The van der Waals surface area contributed by atoms with Crippen LogP contribution in [-0.4, -0.2) is 11.9 Å². The highest BCUT2D eigenvalue weighted by atomic mass is 16.7. The first-order chi connectivity index (χ1) is 5.74. The average Bonchev–Trinajstić information content (AvgIpc) is 1.79. The van der Waals surface area contributed by atoms with Gasteiger partial charge in [0, 0.05) is 18.8 Å². The molecule has 13 heavy (non-hydrogen) atoms. The fourth-order valence-electron chi connectivity index (χ4n) is 1.42. The van der Waals surface area contributed by atoms with Crippen LogP contribution in [0.4, 0.5) is 0 Å². The molecule has 1 aliphatic rings. The highest BCUT2D eigenvalue weighted by Gasteiger charge is 2.45. The summed E-state index contributed by atoms with van der Waals surface area (Å²) in [5, 5.41) is 0. The largest absolute Gasteiger partial charge is 0.467 e. The summed E-state index contributed by atoms with van der Waals surface area (Å²) in [6, 6.07) is 0. The number of hydrogen-bond donors (Lipinski definition) is 0. The maximum atomic E-state index is 5.83. The minimum atomic E-state index is -0.540. The first-order valence-electron chi connectivity index (χ1n) is 4.79. The second-order valence-corrected chi connectivity index (χ2v) is 4.97. The molecule has 0 amide bonds. The maximum Gasteiger partial charge on any atom is 0.212 e. The SMILES string of the molecule is C=C1C[C@@H](C)O[C@](C)(C(C)(C)C)O1. The van der Waals surface area contributed by atoms with Crippen LogP contribution in [-0.2, 0) is 9.47 Å². The van der Waals surface area contributed by atoms with E-state index in [1.807, 2.05) is 6.92 Å². The van der Waals surface area contributed by atoms with Crippen molar-refractivity contribution in [2.75, 3.05) is 0 Å². The summed E-state index contributed by atoms with van der Waals surface area (Å²) in [5.41, 5.74) is -0.0371. The van der Waals surface area contributed by atoms with Gasteiger partial charge in [-0.05, 0) is 6.92 Å². The third-order valence-electron chi connectivity index (χ3n) is 2.64. The lowest BCUT2D eigenvalue weighted by Crippen LogP contribution is -2.49. The van der Waals surface area contributed by atoms with E-state index in [1.165, 1.54) is 0 Å². The predicted molar refractivity (Wildman–Crippen MR) is 53.2 cm³/mol. The molecule has 1 rings (SSSR count). The van der Waals surface area contributed by atoms with Crippen molar-refractivity contribution >= 4 is 0 Å². The minimum Gasteiger partial charge on any atom is -0.467 e. The van der Waals surface area contributed by atoms with Gasteiger partial charge in [-0.3, -0.25) is 0 Å². The van der Waals surface area contributed by atoms with E-state index in [0.717, 1.165) is 12.2 Å². The van der Waals surface area contributed by atoms with Crippen molar-refractivity contribution in [3.8, 4) is 0 Å². The summed E-state index contributed by atoms with van der Waals surface area (Å²) >= 11 is 0. The molecular formula is C11H20O2. The molecule has 1 fully saturated rings. The summed E-state index contributed by atoms with van der Waals surface area (Å²) in [6.07, 6.45) is 0.997. The van der Waals surface area contributed by atoms with Crippen LogP contribution in [0, 0.1) is 5.41 Å². The zero-order chi connectivity index (χ0) is 10.3. The summed E-state index contributed by atoms with van der Waals surface area (Å²) in [5.74, 6) is 0.290. The van der Waals surface area contributed by atoms with E-state index >= 15 is 0 Å². The minimum absolute atomic E-state index is 0.0371. The molecule has 0 N–H and O–H groups in total. The van der Waals surface area contributed by atoms with Gasteiger partial charge in [-0.25, -0.2) is 0 Å². The van der Waals surface area contributed by atoms with Crippen LogP contribution in [0.2, 0.25) is 0 Å². The molecule has 2 nitrogen and oxygen atoms in total. The Hall–Kier alpha value is -0.500. The van der Waals surface area contributed by atoms with Crippen LogP contribution < -0.4 is 0 Å². The fraction of sp³-hybridized carbons (Fsp3) is 0.818. The molecule has 0 aromatic carbocycles. The molecule has 0 aliphatic carbocycles. The van der Waals surface area contributed by atoms with E-state index in [0.29, 0.717) is 0 Å². The van der Waals surface area contributed by atoms with Crippen molar-refractivity contribution in [3.63, 3.8) is 0 Å². The second-order valence-electron chi connectivity index (χ2n) is 4.97. The number of hydrogen-bond acceptors (Lipinski definition) is 2. The third kappa shape index (κ3) is 2.05. The first-order valence-corrected chi connectivity index (χ1v) is 4.79. The molecule has 0 spiro atoms. The van der Waals surface area contributed by atoms with E-state index in [2.05, 4.69) is 34.3 Å². The lowest BCUT2D eigenvalue weighted by Gasteiger charge is -2.46. The maximum absolute atomic E-state index is 5.83. The highest BCUT2D eigenvalue weighted by molar-refractivity contribution is 4.96. The van der Waals surface area contributed by atoms with Crippen LogP contribution in [0.25, 0.3) is 0 Å². The van der Waals surface area contributed by atoms with Crippen LogP contribution in [0.5, 0.6) is 0 Å². The topological polar surface area (TPSA) is 18.5 Å². The Kier molecular flexibility index (Phi) is 2.46. The van der Waals surface area contributed by atoms with E-state index in [-0.39, 0.29) is 11.5 Å². The van der Waals surface area contributed by atoms with Gasteiger partial charge in [-0.1, -0.05) is 27.4 Å². The zero-order valence-electron chi connectivity index (χ0n) is 9.31. The average molecular weight is 184 g/mol. The third-order valence-corrected chi connectivity index (χ3v) is 2.64. The molecule has 2 heteroatoms. The molecule has 1 saturated heterocycles. The van der Waals surface area contributed by atoms with Crippen molar-refractivity contribution < 1.29 is 9.47 Å². The molecule has 0 radical (unpaired) electrons. The molecule has 0 aromatic rings. The Labute approximate surface area is 80.9 Å². The van der Waals surface area contributed by atoms with Gasteiger partial charge in [0.25, 0.3) is 0 Å². The van der Waals surface area contributed by atoms with Gasteiger partial charge in [-0.15, -0.1) is 0 Å². The van der Waals surface area contributed by atoms with Gasteiger partial charge < -0.3 is 9.47 Å². The molecule has 2 atom stereocenters. The fourth-order valence-corrected chi connectivity index (χ4v) is 1.42. The van der Waals surface area contributed by atoms with E-state index in [1.54, 1.807) is 0 Å². The Morgan fingerprint density at radius 2 is 2.00 bits per heavy atom. The molecule has 0 bridgehead atoms. The number of rotatable bonds is 0. The summed E-state index contributed by atoms with van der Waals surface area (Å²) in [7, 11) is 0. The van der Waals surface area contributed by atoms with Gasteiger partial charge in [0.1, 0.15) is 0 Å². The Morgan fingerprint density at radius 1 is 1.46 bits per heavy atom. The van der Waals surface area contributed by atoms with E-state index in [9.17, 15) is 0 Å². The van der Waals surface area contributed by atoms with Crippen LogP contribution in [0.15, 0.2) is 12.3 Å². The van der Waals surface area contributed by atoms with Gasteiger partial charge in [0.2, 0.25) is 5.79 Å². The van der Waals surface area contributed by atoms with Gasteiger partial charge in [0.15, 0.2) is 0 Å². The lowest BCUT2D eigenvalue weighted by atomic mass is 9.85. The van der Waals surface area contributed by atoms with E-state index in [4.69, 9.17) is 9.47 Å². The number of ether oxygens (including phenoxy) is 2. The molecule has 0 saturated carbocycles. The first kappa shape index (κ1) is 10.6. The smallest absolute Gasteiger partial charge is 0.212 e. The van der Waals surface area contributed by atoms with Gasteiger partial charge in [-0.2, -0.15) is 0 Å². The van der Waals surface area contributed by atoms with Crippen molar-refractivity contribution in [2.24, 2.45) is 5.41 Å². The van der Waals surface area contributed by atoms with Crippen molar-refractivity contribution in [3.05, 3.63) is 12.3 Å². The normalized spacial score (nSPS) is 35.8. The summed E-state index contributed by atoms with van der Waals surface area (Å²) < 4.78 is 11.5. The summed E-state index contributed by atoms with van der Waals surface area (Å²) in [4.78, 5) is 0. The van der Waals surface area contributed by atoms with Crippen molar-refractivity contribution in [1.82, 2.24) is 0 Å². The Bertz CT molecular complexity index is 215. The van der Waals surface area contributed by atoms with Crippen LogP contribution in [0.3, 0.4) is 0 Å². The van der Waals surface area contributed by atoms with E-state index < -0.39 is 5.79 Å². The Morgan fingerprint density at radius 3 is 2.38 bits per heavy atom. The standard InChI is InChI=1S/C11H20O2/c1-8-7-9(2)13-11(6,12-8)10(3,4)5/h9H,1,7H2,2-6H3/t9-,11-/m1/s1. The van der Waals surface area contributed by atoms with Crippen LogP contribution in [0.1, 0.15) is 41.0 Å². The monoisotopic (exact) mass is 184 g/mol. The lowest BCUT2D eigenvalue weighted by molar-refractivity contribution is -0.300. The molecular weight excluding hydrogens is 164 g/mol. The van der Waals surface area contributed by atoms with Crippen molar-refractivity contribution in [1.29, 1.82) is 0 Å². The highest BCUT2D eigenvalue weighted by Crippen LogP contribution is 2.41. The van der Waals surface area contributed by atoms with Gasteiger partial charge in [0.05, 0.1) is 11.9 Å². The Balaban J connectivity index is 2.84. The molecule has 0 aromatic heterocycles. The molecule has 76 valence electrons. The summed E-state index contributed by atoms with van der Waals surface area (Å²) in [6.45, 7) is 14.2. The quantitative estimate of drug-likeness (QED) is 0.576. The predicted octanol–water partition coefficient (Wildman–Crippen LogP) is 3.09. The molecule has 0 unspecified atom stereocenters. The molecule has 1 aliphatic heterocycles. The van der Waals surface area contributed by atoms with Crippen LogP contribution >= 0.6 is 0 Å². The molecule has 1 heterocycles. The second kappa shape index (κ2) is 3.02. The zero-order valence-corrected chi connectivity index (χ0v) is 9.31.